The number of aromatic nitrogens is 1. The third kappa shape index (κ3) is 5.34. The Morgan fingerprint density at radius 2 is 1.57 bits per heavy atom. The molecule has 42 heavy (non-hydrogen) atoms. The van der Waals surface area contributed by atoms with Crippen LogP contribution in [0, 0.1) is 35.0 Å². The van der Waals surface area contributed by atoms with E-state index in [-0.39, 0.29) is 29.3 Å². The van der Waals surface area contributed by atoms with Gasteiger partial charge < -0.3 is 14.9 Å². The molecular formula is C34H40N4O3S. The van der Waals surface area contributed by atoms with Gasteiger partial charge in [-0.3, -0.25) is 4.98 Å². The van der Waals surface area contributed by atoms with Crippen LogP contribution in [0.25, 0.3) is 0 Å². The summed E-state index contributed by atoms with van der Waals surface area (Å²) in [6.07, 6.45) is 8.11. The number of piperidine rings is 1. The average molecular weight is 585 g/mol. The molecule has 0 amide bonds. The number of nitriles is 1. The molecule has 1 unspecified atom stereocenters. The summed E-state index contributed by atoms with van der Waals surface area (Å²) >= 11 is 0. The Morgan fingerprint density at radius 1 is 0.905 bits per heavy atom. The Bertz CT molecular complexity index is 1480. The smallest absolute Gasteiger partial charge is 0.206 e. The van der Waals surface area contributed by atoms with Gasteiger partial charge in [-0.25, -0.2) is 8.42 Å². The molecule has 1 N–H and O–H groups in total. The summed E-state index contributed by atoms with van der Waals surface area (Å²) in [5, 5.41) is 20.9. The van der Waals surface area contributed by atoms with E-state index in [2.05, 4.69) is 45.1 Å². The molecular weight excluding hydrogens is 544 g/mol. The van der Waals surface area contributed by atoms with Crippen LogP contribution in [0.3, 0.4) is 0 Å². The highest BCUT2D eigenvalue weighted by atomic mass is 32.2. The maximum Gasteiger partial charge on any atom is 0.206 e. The van der Waals surface area contributed by atoms with Gasteiger partial charge in [0.2, 0.25) is 9.84 Å². The lowest BCUT2D eigenvalue weighted by atomic mass is 9.58. The van der Waals surface area contributed by atoms with Crippen LogP contribution in [0.2, 0.25) is 0 Å². The lowest BCUT2D eigenvalue weighted by Crippen LogP contribution is -2.54. The third-order valence-electron chi connectivity index (χ3n) is 10.1. The molecule has 2 aliphatic heterocycles. The second-order valence-electron chi connectivity index (χ2n) is 12.4. The molecule has 8 heteroatoms. The average Bonchev–Trinajstić information content (AvgIpc) is 3.50. The van der Waals surface area contributed by atoms with Crippen molar-refractivity contribution in [3.63, 3.8) is 0 Å². The highest BCUT2D eigenvalue weighted by Gasteiger charge is 2.52. The molecule has 2 saturated heterocycles. The summed E-state index contributed by atoms with van der Waals surface area (Å²) in [4.78, 5) is 9.34. The maximum atomic E-state index is 12.9. The van der Waals surface area contributed by atoms with Gasteiger partial charge in [0.1, 0.15) is 0 Å². The number of sulfone groups is 1. The highest BCUT2D eigenvalue weighted by molar-refractivity contribution is 7.91. The predicted molar refractivity (Wildman–Crippen MR) is 163 cm³/mol. The summed E-state index contributed by atoms with van der Waals surface area (Å²) < 4.78 is 25.8. The Labute approximate surface area is 249 Å². The normalized spacial score (nSPS) is 23.7. The Morgan fingerprint density at radius 3 is 2.21 bits per heavy atom. The zero-order valence-electron chi connectivity index (χ0n) is 24.1. The largest absolute Gasteiger partial charge is 0.396 e. The molecule has 2 aromatic carbocycles. The van der Waals surface area contributed by atoms with Gasteiger partial charge >= 0.3 is 0 Å². The molecule has 3 fully saturated rings. The number of hydrogen-bond donors (Lipinski definition) is 1. The second kappa shape index (κ2) is 12.2. The Balaban J connectivity index is 1.05. The van der Waals surface area contributed by atoms with E-state index >= 15 is 0 Å². The van der Waals surface area contributed by atoms with Crippen LogP contribution in [0.4, 0.5) is 5.69 Å². The molecule has 7 nitrogen and oxygen atoms in total. The number of aliphatic hydroxyl groups is 1. The van der Waals surface area contributed by atoms with Gasteiger partial charge in [0.25, 0.3) is 0 Å². The third-order valence-corrected chi connectivity index (χ3v) is 11.9. The first kappa shape index (κ1) is 28.9. The quantitative estimate of drug-likeness (QED) is 0.381. The van der Waals surface area contributed by atoms with E-state index in [1.165, 1.54) is 24.5 Å². The van der Waals surface area contributed by atoms with Gasteiger partial charge in [-0.2, -0.15) is 5.26 Å². The lowest BCUT2D eigenvalue weighted by Gasteiger charge is -2.48. The molecule has 3 aromatic rings. The fraction of sp³-hybridized carbons (Fsp3) is 0.471. The number of aliphatic hydroxyl groups excluding tert-OH is 1. The van der Waals surface area contributed by atoms with Crippen LogP contribution >= 0.6 is 0 Å². The van der Waals surface area contributed by atoms with Crippen molar-refractivity contribution in [3.05, 3.63) is 84.7 Å². The number of hydrogen-bond acceptors (Lipinski definition) is 7. The fourth-order valence-electron chi connectivity index (χ4n) is 7.88. The van der Waals surface area contributed by atoms with Gasteiger partial charge in [0.05, 0.1) is 21.3 Å². The van der Waals surface area contributed by atoms with Crippen LogP contribution in [-0.2, 0) is 15.3 Å². The number of nitrogens with zero attached hydrogens (tertiary/aromatic N) is 4. The predicted octanol–water partition coefficient (Wildman–Crippen LogP) is 4.93. The highest BCUT2D eigenvalue weighted by Crippen LogP contribution is 2.52. The van der Waals surface area contributed by atoms with Crippen molar-refractivity contribution in [1.29, 1.82) is 5.26 Å². The minimum atomic E-state index is -3.54. The summed E-state index contributed by atoms with van der Waals surface area (Å²) in [5.41, 5.74) is 1.64. The number of rotatable bonds is 9. The zero-order valence-corrected chi connectivity index (χ0v) is 24.9. The number of pyridine rings is 1. The first-order valence-electron chi connectivity index (χ1n) is 15.3. The Kier molecular flexibility index (Phi) is 8.35. The molecule has 3 heterocycles. The summed E-state index contributed by atoms with van der Waals surface area (Å²) in [5.74, 6) is 1.27. The monoisotopic (exact) mass is 584 g/mol. The summed E-state index contributed by atoms with van der Waals surface area (Å²) in [6, 6.07) is 23.5. The topological polar surface area (TPSA) is 97.5 Å². The van der Waals surface area contributed by atoms with Crippen molar-refractivity contribution in [1.82, 2.24) is 9.88 Å². The van der Waals surface area contributed by atoms with E-state index in [0.29, 0.717) is 10.8 Å². The van der Waals surface area contributed by atoms with Crippen LogP contribution in [0.15, 0.2) is 88.9 Å². The minimum Gasteiger partial charge on any atom is -0.396 e. The molecule has 3 atom stereocenters. The van der Waals surface area contributed by atoms with E-state index in [4.69, 9.17) is 0 Å². The maximum absolute atomic E-state index is 12.9. The first-order chi connectivity index (χ1) is 20.5. The molecule has 0 radical (unpaired) electrons. The first-order valence-corrected chi connectivity index (χ1v) is 16.7. The molecule has 0 spiro atoms. The van der Waals surface area contributed by atoms with Gasteiger partial charge in [0.15, 0.2) is 0 Å². The molecule has 6 rings (SSSR count). The zero-order chi connectivity index (χ0) is 29.2. The van der Waals surface area contributed by atoms with Crippen LogP contribution < -0.4 is 4.90 Å². The Hall–Kier alpha value is -3.25. The summed E-state index contributed by atoms with van der Waals surface area (Å²) in [7, 11) is -3.54. The fourth-order valence-corrected chi connectivity index (χ4v) is 9.13. The second-order valence-corrected chi connectivity index (χ2v) is 14.3. The van der Waals surface area contributed by atoms with Crippen LogP contribution in [0.5, 0.6) is 0 Å². The van der Waals surface area contributed by atoms with Gasteiger partial charge in [-0.15, -0.1) is 0 Å². The summed E-state index contributed by atoms with van der Waals surface area (Å²) in [6.45, 7) is 5.13. The van der Waals surface area contributed by atoms with Crippen molar-refractivity contribution in [2.45, 2.75) is 47.3 Å². The molecule has 1 aliphatic carbocycles. The minimum absolute atomic E-state index is 0.168. The van der Waals surface area contributed by atoms with Crippen molar-refractivity contribution < 1.29 is 13.5 Å². The molecule has 3 aliphatic rings. The van der Waals surface area contributed by atoms with Crippen molar-refractivity contribution in [2.75, 3.05) is 44.2 Å². The van der Waals surface area contributed by atoms with Crippen LogP contribution in [0.1, 0.15) is 37.7 Å². The molecule has 1 saturated carbocycles. The van der Waals surface area contributed by atoms with Gasteiger partial charge in [-0.05, 0) is 98.5 Å². The van der Waals surface area contributed by atoms with Crippen molar-refractivity contribution >= 4 is 15.5 Å². The van der Waals surface area contributed by atoms with Crippen molar-refractivity contribution in [3.8, 4) is 6.07 Å². The van der Waals surface area contributed by atoms with E-state index in [1.807, 2.05) is 18.2 Å². The van der Waals surface area contributed by atoms with Gasteiger partial charge in [0, 0.05) is 50.2 Å². The number of benzene rings is 2. The number of likely N-dealkylation sites (tertiary alicyclic amines) is 1. The molecule has 1 aromatic heterocycles. The van der Waals surface area contributed by atoms with Crippen LogP contribution in [-0.4, -0.2) is 62.7 Å². The van der Waals surface area contributed by atoms with E-state index < -0.39 is 15.3 Å². The van der Waals surface area contributed by atoms with Crippen molar-refractivity contribution in [2.24, 2.45) is 23.7 Å². The number of anilines is 1. The SMILES string of the molecule is N#CC(c1ccccc1)(C1CCN(CC2CN(c3ccc(S(=O)(=O)c4ccncc4)cc3)C2)CC1)[C@H]1CCC[C@@H]1CO. The van der Waals surface area contributed by atoms with Gasteiger partial charge in [-0.1, -0.05) is 36.8 Å². The van der Waals surface area contributed by atoms with E-state index in [0.717, 1.165) is 76.1 Å². The van der Waals surface area contributed by atoms with E-state index in [1.54, 1.807) is 12.1 Å². The standard InChI is InChI=1S/C34H40N4O3S/c35-25-34(28-6-2-1-3-7-28,33-8-4-5-27(33)24-39)29-15-19-37(20-16-29)21-26-22-38(23-26)30-9-11-31(12-10-30)42(40,41)32-13-17-36-18-14-32/h1-3,6-7,9-14,17-18,26-27,29,33,39H,4-5,8,15-16,19-24H2/t27-,33+,34?/m1/s1. The van der Waals surface area contributed by atoms with E-state index in [9.17, 15) is 18.8 Å². The lowest BCUT2D eigenvalue weighted by molar-refractivity contribution is 0.0766. The molecule has 220 valence electrons. The molecule has 0 bridgehead atoms.